The largest absolute Gasteiger partial charge is 0.397 e. The van der Waals surface area contributed by atoms with Crippen LogP contribution in [0.25, 0.3) is 0 Å². The summed E-state index contributed by atoms with van der Waals surface area (Å²) in [5.41, 5.74) is 14.1. The molecule has 0 saturated carbocycles. The zero-order valence-electron chi connectivity index (χ0n) is 8.29. The Morgan fingerprint density at radius 2 is 2.07 bits per heavy atom. The lowest BCUT2D eigenvalue weighted by Gasteiger charge is -2.23. The van der Waals surface area contributed by atoms with Gasteiger partial charge in [-0.15, -0.1) is 0 Å². The van der Waals surface area contributed by atoms with Gasteiger partial charge in [0.05, 0.1) is 11.4 Å². The summed E-state index contributed by atoms with van der Waals surface area (Å²) < 4.78 is 0. The molecule has 0 aromatic heterocycles. The second-order valence-corrected chi connectivity index (χ2v) is 3.93. The second kappa shape index (κ2) is 3.88. The summed E-state index contributed by atoms with van der Waals surface area (Å²) in [6.45, 7) is 2.20. The minimum atomic E-state index is 0.603. The predicted molar refractivity (Wildman–Crippen MR) is 60.1 cm³/mol. The highest BCUT2D eigenvalue weighted by molar-refractivity contribution is 5.64. The van der Waals surface area contributed by atoms with Crippen molar-refractivity contribution in [2.24, 2.45) is 0 Å². The average molecular weight is 191 g/mol. The molecule has 14 heavy (non-hydrogen) atoms. The number of nitrogen functional groups attached to an aromatic ring is 2. The van der Waals surface area contributed by atoms with Crippen LogP contribution >= 0.6 is 0 Å². The fourth-order valence-electron chi connectivity index (χ4n) is 1.98. The van der Waals surface area contributed by atoms with Gasteiger partial charge in [0, 0.05) is 6.54 Å². The predicted octanol–water partition coefficient (Wildman–Crippen LogP) is 1.32. The summed E-state index contributed by atoms with van der Waals surface area (Å²) in [6.07, 6.45) is 2.49. The van der Waals surface area contributed by atoms with Gasteiger partial charge in [-0.2, -0.15) is 0 Å². The van der Waals surface area contributed by atoms with Gasteiger partial charge in [0.1, 0.15) is 0 Å². The molecule has 1 aromatic carbocycles. The molecule has 1 atom stereocenters. The molecule has 0 bridgehead atoms. The second-order valence-electron chi connectivity index (χ2n) is 3.93. The Kier molecular flexibility index (Phi) is 2.59. The van der Waals surface area contributed by atoms with E-state index < -0.39 is 0 Å². The van der Waals surface area contributed by atoms with E-state index in [1.807, 2.05) is 12.1 Å². The molecule has 0 radical (unpaired) electrons. The van der Waals surface area contributed by atoms with E-state index in [4.69, 9.17) is 11.5 Å². The highest BCUT2D eigenvalue weighted by atomic mass is 14.9. The van der Waals surface area contributed by atoms with Gasteiger partial charge in [0.25, 0.3) is 0 Å². The number of nitrogens with one attached hydrogen (secondary N) is 1. The normalized spacial score (nSPS) is 22.1. The van der Waals surface area contributed by atoms with E-state index in [0.29, 0.717) is 17.3 Å². The zero-order chi connectivity index (χ0) is 9.97. The van der Waals surface area contributed by atoms with Crippen molar-refractivity contribution in [3.8, 4) is 0 Å². The van der Waals surface area contributed by atoms with Crippen molar-refractivity contribution in [3.05, 3.63) is 23.8 Å². The van der Waals surface area contributed by atoms with E-state index in [9.17, 15) is 0 Å². The summed E-state index contributed by atoms with van der Waals surface area (Å²) in [4.78, 5) is 0. The van der Waals surface area contributed by atoms with E-state index in [-0.39, 0.29) is 0 Å². The molecule has 1 aliphatic rings. The maximum atomic E-state index is 5.78. The number of anilines is 2. The van der Waals surface area contributed by atoms with Crippen molar-refractivity contribution >= 4 is 11.4 Å². The van der Waals surface area contributed by atoms with Crippen LogP contribution in [0.2, 0.25) is 0 Å². The lowest BCUT2D eigenvalue weighted by molar-refractivity contribution is 0.462. The van der Waals surface area contributed by atoms with Gasteiger partial charge in [-0.1, -0.05) is 6.07 Å². The third-order valence-electron chi connectivity index (χ3n) is 2.88. The first kappa shape index (κ1) is 9.34. The first-order valence-electron chi connectivity index (χ1n) is 5.13. The van der Waals surface area contributed by atoms with Crippen LogP contribution in [0.1, 0.15) is 24.3 Å². The molecule has 0 amide bonds. The summed E-state index contributed by atoms with van der Waals surface area (Å²) >= 11 is 0. The molecule has 1 aromatic rings. The van der Waals surface area contributed by atoms with Gasteiger partial charge in [0.2, 0.25) is 0 Å². The Labute approximate surface area is 84.5 Å². The topological polar surface area (TPSA) is 64.1 Å². The fourth-order valence-corrected chi connectivity index (χ4v) is 1.98. The molecule has 76 valence electrons. The van der Waals surface area contributed by atoms with E-state index >= 15 is 0 Å². The van der Waals surface area contributed by atoms with E-state index in [2.05, 4.69) is 11.4 Å². The van der Waals surface area contributed by atoms with Crippen molar-refractivity contribution in [3.63, 3.8) is 0 Å². The molecule has 1 fully saturated rings. The van der Waals surface area contributed by atoms with E-state index in [1.165, 1.54) is 18.4 Å². The van der Waals surface area contributed by atoms with Crippen LogP contribution in [0.15, 0.2) is 18.2 Å². The van der Waals surface area contributed by atoms with Crippen LogP contribution < -0.4 is 16.8 Å². The van der Waals surface area contributed by atoms with Crippen LogP contribution in [-0.2, 0) is 0 Å². The van der Waals surface area contributed by atoms with Crippen molar-refractivity contribution in [2.45, 2.75) is 18.8 Å². The Bertz CT molecular complexity index is 316. The number of benzene rings is 1. The third kappa shape index (κ3) is 1.82. The lowest BCUT2D eigenvalue weighted by atomic mass is 9.91. The van der Waals surface area contributed by atoms with Gasteiger partial charge in [-0.3, -0.25) is 0 Å². The van der Waals surface area contributed by atoms with Gasteiger partial charge in [-0.05, 0) is 43.0 Å². The molecule has 1 heterocycles. The first-order valence-corrected chi connectivity index (χ1v) is 5.13. The Morgan fingerprint density at radius 3 is 2.71 bits per heavy atom. The van der Waals surface area contributed by atoms with Gasteiger partial charge in [0.15, 0.2) is 0 Å². The SMILES string of the molecule is Nc1ccc(C2CCCNC2)cc1N. The molecule has 0 spiro atoms. The van der Waals surface area contributed by atoms with Gasteiger partial charge >= 0.3 is 0 Å². The number of hydrogen-bond donors (Lipinski definition) is 3. The maximum Gasteiger partial charge on any atom is 0.0550 e. The van der Waals surface area contributed by atoms with E-state index in [1.54, 1.807) is 0 Å². The van der Waals surface area contributed by atoms with Crippen LogP contribution in [0.3, 0.4) is 0 Å². The number of rotatable bonds is 1. The molecule has 3 heteroatoms. The fraction of sp³-hybridized carbons (Fsp3) is 0.455. The molecule has 1 saturated heterocycles. The standard InChI is InChI=1S/C11H17N3/c12-10-4-3-8(6-11(10)13)9-2-1-5-14-7-9/h3-4,6,9,14H,1-2,5,7,12-13H2. The molecule has 1 unspecified atom stereocenters. The van der Waals surface area contributed by atoms with Crippen molar-refractivity contribution in [1.82, 2.24) is 5.32 Å². The van der Waals surface area contributed by atoms with Crippen LogP contribution in [0.4, 0.5) is 11.4 Å². The lowest BCUT2D eigenvalue weighted by Crippen LogP contribution is -2.28. The van der Waals surface area contributed by atoms with Crippen molar-refractivity contribution < 1.29 is 0 Å². The summed E-state index contributed by atoms with van der Waals surface area (Å²) in [7, 11) is 0. The molecule has 3 nitrogen and oxygen atoms in total. The summed E-state index contributed by atoms with van der Waals surface area (Å²) in [5, 5.41) is 3.40. The maximum absolute atomic E-state index is 5.78. The number of piperidine rings is 1. The molecule has 1 aliphatic heterocycles. The Morgan fingerprint density at radius 1 is 1.21 bits per heavy atom. The first-order chi connectivity index (χ1) is 6.77. The average Bonchev–Trinajstić information content (AvgIpc) is 2.23. The smallest absolute Gasteiger partial charge is 0.0550 e. The van der Waals surface area contributed by atoms with Crippen LogP contribution in [0.5, 0.6) is 0 Å². The molecular formula is C11H17N3. The minimum absolute atomic E-state index is 0.603. The third-order valence-corrected chi connectivity index (χ3v) is 2.88. The summed E-state index contributed by atoms with van der Waals surface area (Å²) in [5.74, 6) is 0.603. The van der Waals surface area contributed by atoms with Crippen molar-refractivity contribution in [1.29, 1.82) is 0 Å². The molecule has 0 aliphatic carbocycles. The molecule has 2 rings (SSSR count). The Hall–Kier alpha value is -1.22. The van der Waals surface area contributed by atoms with Crippen LogP contribution in [0, 0.1) is 0 Å². The van der Waals surface area contributed by atoms with Gasteiger partial charge in [-0.25, -0.2) is 0 Å². The summed E-state index contributed by atoms with van der Waals surface area (Å²) in [6, 6.07) is 6.00. The highest BCUT2D eigenvalue weighted by Gasteiger charge is 2.15. The van der Waals surface area contributed by atoms with E-state index in [0.717, 1.165) is 13.1 Å². The highest BCUT2D eigenvalue weighted by Crippen LogP contribution is 2.26. The number of nitrogens with two attached hydrogens (primary N) is 2. The van der Waals surface area contributed by atoms with Crippen LogP contribution in [-0.4, -0.2) is 13.1 Å². The molecular weight excluding hydrogens is 174 g/mol. The zero-order valence-corrected chi connectivity index (χ0v) is 8.29. The van der Waals surface area contributed by atoms with Crippen molar-refractivity contribution in [2.75, 3.05) is 24.6 Å². The number of hydrogen-bond acceptors (Lipinski definition) is 3. The van der Waals surface area contributed by atoms with Gasteiger partial charge < -0.3 is 16.8 Å². The quantitative estimate of drug-likeness (QED) is 0.586. The minimum Gasteiger partial charge on any atom is -0.397 e. The monoisotopic (exact) mass is 191 g/mol. The Balaban J connectivity index is 2.18. The molecule has 5 N–H and O–H groups in total.